The number of hydrogen-bond acceptors (Lipinski definition) is 1. The van der Waals surface area contributed by atoms with Crippen LogP contribution in [0.5, 0.6) is 0 Å². The average Bonchev–Trinajstić information content (AvgIpc) is 3.48. The van der Waals surface area contributed by atoms with Crippen LogP contribution >= 0.6 is 0 Å². The molecule has 1 heterocycles. The second-order valence-electron chi connectivity index (χ2n) is 11.8. The lowest BCUT2D eigenvalue weighted by Crippen LogP contribution is -2.10. The number of aromatic nitrogens is 1. The molecule has 8 aromatic carbocycles. The van der Waals surface area contributed by atoms with Gasteiger partial charge in [-0.1, -0.05) is 133 Å². The summed E-state index contributed by atoms with van der Waals surface area (Å²) < 4.78 is 2.44. The van der Waals surface area contributed by atoms with E-state index in [1.807, 2.05) is 0 Å². The highest BCUT2D eigenvalue weighted by atomic mass is 15.1. The normalized spacial score (nSPS) is 11.5. The van der Waals surface area contributed by atoms with Crippen molar-refractivity contribution in [2.45, 2.75) is 0 Å². The third kappa shape index (κ3) is 4.27. The van der Waals surface area contributed by atoms with Gasteiger partial charge in [-0.05, 0) is 70.4 Å². The van der Waals surface area contributed by atoms with Crippen molar-refractivity contribution in [1.82, 2.24) is 4.57 Å². The molecule has 0 saturated heterocycles. The molecule has 46 heavy (non-hydrogen) atoms. The van der Waals surface area contributed by atoms with E-state index >= 15 is 0 Å². The average molecular weight is 587 g/mol. The van der Waals surface area contributed by atoms with Crippen molar-refractivity contribution in [3.63, 3.8) is 0 Å². The van der Waals surface area contributed by atoms with Crippen LogP contribution in [0.3, 0.4) is 0 Å². The Morgan fingerprint density at radius 2 is 1.00 bits per heavy atom. The van der Waals surface area contributed by atoms with Gasteiger partial charge in [0.25, 0.3) is 0 Å². The molecule has 2 nitrogen and oxygen atoms in total. The highest BCUT2D eigenvalue weighted by molar-refractivity contribution is 6.18. The smallest absolute Gasteiger partial charge is 0.0619 e. The number of nitrogens with zero attached hydrogens (tertiary/aromatic N) is 2. The fraction of sp³-hybridized carbons (Fsp3) is 0. The summed E-state index contributed by atoms with van der Waals surface area (Å²) in [7, 11) is 0. The Labute approximate surface area is 268 Å². The van der Waals surface area contributed by atoms with E-state index in [0.717, 1.165) is 22.7 Å². The van der Waals surface area contributed by atoms with Gasteiger partial charge in [-0.25, -0.2) is 0 Å². The van der Waals surface area contributed by atoms with E-state index in [-0.39, 0.29) is 0 Å². The molecule has 0 aliphatic rings. The monoisotopic (exact) mass is 586 g/mol. The number of benzene rings is 8. The molecule has 9 rings (SSSR count). The summed E-state index contributed by atoms with van der Waals surface area (Å²) in [5.74, 6) is 0. The van der Waals surface area contributed by atoms with Crippen molar-refractivity contribution in [1.29, 1.82) is 0 Å². The van der Waals surface area contributed by atoms with E-state index in [9.17, 15) is 0 Å². The highest BCUT2D eigenvalue weighted by Gasteiger charge is 2.18. The van der Waals surface area contributed by atoms with E-state index < -0.39 is 0 Å². The zero-order chi connectivity index (χ0) is 30.5. The highest BCUT2D eigenvalue weighted by Crippen LogP contribution is 2.41. The molecule has 0 aliphatic carbocycles. The Morgan fingerprint density at radius 3 is 1.83 bits per heavy atom. The predicted octanol–water partition coefficient (Wildman–Crippen LogP) is 12.2. The zero-order valence-corrected chi connectivity index (χ0v) is 25.2. The van der Waals surface area contributed by atoms with Crippen molar-refractivity contribution in [3.05, 3.63) is 182 Å². The Balaban J connectivity index is 1.23. The molecule has 0 spiro atoms. The molecule has 0 unspecified atom stereocenters. The zero-order valence-electron chi connectivity index (χ0n) is 25.2. The molecule has 0 fully saturated rings. The lowest BCUT2D eigenvalue weighted by atomic mass is 10.0. The van der Waals surface area contributed by atoms with E-state index in [1.54, 1.807) is 0 Å². The summed E-state index contributed by atoms with van der Waals surface area (Å²) >= 11 is 0. The first-order chi connectivity index (χ1) is 22.8. The van der Waals surface area contributed by atoms with Crippen LogP contribution < -0.4 is 4.90 Å². The van der Waals surface area contributed by atoms with E-state index in [2.05, 4.69) is 191 Å². The topological polar surface area (TPSA) is 8.17 Å². The minimum atomic E-state index is 1.12. The fourth-order valence-electron chi connectivity index (χ4n) is 7.02. The molecular formula is C44H30N2. The Morgan fingerprint density at radius 1 is 0.370 bits per heavy atom. The van der Waals surface area contributed by atoms with Crippen molar-refractivity contribution in [2.24, 2.45) is 0 Å². The molecule has 1 aromatic heterocycles. The number of para-hydroxylation sites is 2. The molecular weight excluding hydrogens is 556 g/mol. The van der Waals surface area contributed by atoms with Crippen LogP contribution in [-0.4, -0.2) is 4.57 Å². The molecule has 0 aliphatic heterocycles. The Bertz CT molecular complexity index is 2510. The van der Waals surface area contributed by atoms with Gasteiger partial charge in [0, 0.05) is 38.6 Å². The van der Waals surface area contributed by atoms with Crippen LogP contribution in [0.1, 0.15) is 0 Å². The first-order valence-corrected chi connectivity index (χ1v) is 15.8. The van der Waals surface area contributed by atoms with Gasteiger partial charge in [-0.15, -0.1) is 0 Å². The summed E-state index contributed by atoms with van der Waals surface area (Å²) in [6.07, 6.45) is 0. The minimum absolute atomic E-state index is 1.12. The van der Waals surface area contributed by atoms with E-state index in [1.165, 1.54) is 54.5 Å². The number of fused-ring (bicyclic) bond motifs is 6. The van der Waals surface area contributed by atoms with Gasteiger partial charge >= 0.3 is 0 Å². The van der Waals surface area contributed by atoms with Crippen molar-refractivity contribution in [3.8, 4) is 16.8 Å². The van der Waals surface area contributed by atoms with Gasteiger partial charge in [0.05, 0.1) is 16.7 Å². The standard InChI is InChI=1S/C44H30N2/c1-3-12-31(13-4-1)32-22-25-36(26-23-32)45(35-16-5-2-6-17-35)42-21-11-15-34-30-37(27-29-38(34)42)46-43-20-10-9-19-40(43)41-28-24-33-14-7-8-18-39(33)44(41)46/h1-30H. The van der Waals surface area contributed by atoms with Crippen LogP contribution in [0.15, 0.2) is 182 Å². The van der Waals surface area contributed by atoms with E-state index in [4.69, 9.17) is 0 Å². The van der Waals surface area contributed by atoms with Gasteiger partial charge in [-0.2, -0.15) is 0 Å². The lowest BCUT2D eigenvalue weighted by Gasteiger charge is -2.27. The molecule has 0 amide bonds. The Hall–Kier alpha value is -6.12. The van der Waals surface area contributed by atoms with Crippen molar-refractivity contribution < 1.29 is 0 Å². The molecule has 0 atom stereocenters. The maximum absolute atomic E-state index is 2.44. The van der Waals surface area contributed by atoms with Crippen LogP contribution in [0.25, 0.3) is 60.2 Å². The SMILES string of the molecule is c1ccc(-c2ccc(N(c3ccccc3)c3cccc4cc(-n5c6ccccc6c6ccc7ccccc7c65)ccc34)cc2)cc1. The number of anilines is 3. The van der Waals surface area contributed by atoms with E-state index in [0.29, 0.717) is 0 Å². The van der Waals surface area contributed by atoms with Gasteiger partial charge in [0.2, 0.25) is 0 Å². The molecule has 2 heteroatoms. The van der Waals surface area contributed by atoms with Crippen molar-refractivity contribution in [2.75, 3.05) is 4.90 Å². The number of hydrogen-bond donors (Lipinski definition) is 0. The number of rotatable bonds is 5. The molecule has 0 N–H and O–H groups in total. The van der Waals surface area contributed by atoms with Crippen LogP contribution in [0.4, 0.5) is 17.1 Å². The fourth-order valence-corrected chi connectivity index (χ4v) is 7.02. The van der Waals surface area contributed by atoms with Gasteiger partial charge < -0.3 is 9.47 Å². The predicted molar refractivity (Wildman–Crippen MR) is 196 cm³/mol. The largest absolute Gasteiger partial charge is 0.310 e. The summed E-state index contributed by atoms with van der Waals surface area (Å²) in [5.41, 5.74) is 9.44. The first kappa shape index (κ1) is 26.3. The first-order valence-electron chi connectivity index (χ1n) is 15.8. The second-order valence-corrected chi connectivity index (χ2v) is 11.8. The van der Waals surface area contributed by atoms with Crippen LogP contribution in [0, 0.1) is 0 Å². The molecule has 9 aromatic rings. The molecule has 0 bridgehead atoms. The summed E-state index contributed by atoms with van der Waals surface area (Å²) in [6.45, 7) is 0. The second kappa shape index (κ2) is 10.8. The maximum Gasteiger partial charge on any atom is 0.0619 e. The third-order valence-corrected chi connectivity index (χ3v) is 9.15. The van der Waals surface area contributed by atoms with Crippen LogP contribution in [-0.2, 0) is 0 Å². The summed E-state index contributed by atoms with van der Waals surface area (Å²) in [6, 6.07) is 65.6. The van der Waals surface area contributed by atoms with Gasteiger partial charge in [-0.3, -0.25) is 0 Å². The van der Waals surface area contributed by atoms with Gasteiger partial charge in [0.1, 0.15) is 0 Å². The van der Waals surface area contributed by atoms with Gasteiger partial charge in [0.15, 0.2) is 0 Å². The molecule has 0 saturated carbocycles. The minimum Gasteiger partial charge on any atom is -0.310 e. The molecule has 216 valence electrons. The molecule has 0 radical (unpaired) electrons. The third-order valence-electron chi connectivity index (χ3n) is 9.15. The quantitative estimate of drug-likeness (QED) is 0.195. The maximum atomic E-state index is 2.44. The van der Waals surface area contributed by atoms with Crippen LogP contribution in [0.2, 0.25) is 0 Å². The summed E-state index contributed by atoms with van der Waals surface area (Å²) in [5, 5.41) is 7.46. The Kier molecular flexibility index (Phi) is 6.17. The summed E-state index contributed by atoms with van der Waals surface area (Å²) in [4.78, 5) is 2.37. The van der Waals surface area contributed by atoms with Crippen molar-refractivity contribution >= 4 is 60.4 Å². The lowest BCUT2D eigenvalue weighted by molar-refractivity contribution is 1.19.